The maximum atomic E-state index is 5.71. The van der Waals surface area contributed by atoms with E-state index < -0.39 is 0 Å². The summed E-state index contributed by atoms with van der Waals surface area (Å²) >= 11 is 0. The largest absolute Gasteiger partial charge is 0.454 e. The molecule has 104 valence electrons. The van der Waals surface area contributed by atoms with Crippen LogP contribution in [0.2, 0.25) is 0 Å². The van der Waals surface area contributed by atoms with Crippen LogP contribution in [0, 0.1) is 0 Å². The lowest BCUT2D eigenvalue weighted by atomic mass is 10.1. The van der Waals surface area contributed by atoms with Crippen molar-refractivity contribution < 1.29 is 14.2 Å². The van der Waals surface area contributed by atoms with Gasteiger partial charge in [-0.3, -0.25) is 4.90 Å². The minimum atomic E-state index is 0.285. The molecule has 1 aromatic rings. The molecule has 19 heavy (non-hydrogen) atoms. The Bertz CT molecular complexity index is 437. The maximum absolute atomic E-state index is 5.71. The summed E-state index contributed by atoms with van der Waals surface area (Å²) in [5.74, 6) is 1.70. The van der Waals surface area contributed by atoms with Gasteiger partial charge in [0.15, 0.2) is 11.5 Å². The van der Waals surface area contributed by atoms with Gasteiger partial charge in [-0.25, -0.2) is 0 Å². The number of fused-ring (bicyclic) bond motifs is 1. The summed E-state index contributed by atoms with van der Waals surface area (Å²) in [5.41, 5.74) is 1.26. The van der Waals surface area contributed by atoms with Crippen LogP contribution in [0.1, 0.15) is 5.56 Å². The van der Waals surface area contributed by atoms with Crippen molar-refractivity contribution in [2.24, 2.45) is 0 Å². The number of nitrogens with one attached hydrogen (secondary N) is 1. The molecular formula is C14H20N2O3. The Labute approximate surface area is 113 Å². The van der Waals surface area contributed by atoms with Crippen LogP contribution >= 0.6 is 0 Å². The zero-order valence-corrected chi connectivity index (χ0v) is 11.2. The molecule has 3 rings (SSSR count). The second kappa shape index (κ2) is 5.77. The second-order valence-electron chi connectivity index (χ2n) is 4.97. The highest BCUT2D eigenvalue weighted by molar-refractivity contribution is 5.44. The Morgan fingerprint density at radius 2 is 2.21 bits per heavy atom. The van der Waals surface area contributed by atoms with Crippen molar-refractivity contribution in [3.63, 3.8) is 0 Å². The van der Waals surface area contributed by atoms with Crippen LogP contribution in [0.15, 0.2) is 18.2 Å². The van der Waals surface area contributed by atoms with E-state index in [1.54, 1.807) is 0 Å². The quantitative estimate of drug-likeness (QED) is 0.873. The number of hydrogen-bond donors (Lipinski definition) is 1. The molecule has 0 spiro atoms. The average molecular weight is 264 g/mol. The van der Waals surface area contributed by atoms with E-state index in [0.717, 1.165) is 44.3 Å². The van der Waals surface area contributed by atoms with Gasteiger partial charge in [0.2, 0.25) is 6.79 Å². The van der Waals surface area contributed by atoms with Crippen molar-refractivity contribution in [2.75, 3.05) is 40.1 Å². The molecule has 1 fully saturated rings. The summed E-state index contributed by atoms with van der Waals surface area (Å²) < 4.78 is 16.5. The average Bonchev–Trinajstić information content (AvgIpc) is 2.87. The summed E-state index contributed by atoms with van der Waals surface area (Å²) in [6.07, 6.45) is 0.285. The Kier molecular flexibility index (Phi) is 3.87. The van der Waals surface area contributed by atoms with E-state index >= 15 is 0 Å². The number of likely N-dealkylation sites (N-methyl/N-ethyl adjacent to an activating group) is 1. The predicted molar refractivity (Wildman–Crippen MR) is 71.5 cm³/mol. The third-order valence-corrected chi connectivity index (χ3v) is 3.50. The molecule has 1 N–H and O–H groups in total. The van der Waals surface area contributed by atoms with Crippen molar-refractivity contribution in [1.29, 1.82) is 0 Å². The Hall–Kier alpha value is -1.30. The number of ether oxygens (including phenoxy) is 3. The van der Waals surface area contributed by atoms with Gasteiger partial charge in [-0.2, -0.15) is 0 Å². The molecule has 1 aromatic carbocycles. The highest BCUT2D eigenvalue weighted by atomic mass is 16.7. The fraction of sp³-hybridized carbons (Fsp3) is 0.571. The van der Waals surface area contributed by atoms with Crippen LogP contribution in [0.5, 0.6) is 11.5 Å². The van der Waals surface area contributed by atoms with Crippen molar-refractivity contribution in [2.45, 2.75) is 12.6 Å². The van der Waals surface area contributed by atoms with Gasteiger partial charge in [0.05, 0.1) is 12.7 Å². The predicted octanol–water partition coefficient (Wildman–Crippen LogP) is 0.835. The van der Waals surface area contributed by atoms with Gasteiger partial charge in [-0.1, -0.05) is 6.07 Å². The fourth-order valence-electron chi connectivity index (χ4n) is 2.57. The highest BCUT2D eigenvalue weighted by Crippen LogP contribution is 2.32. The normalized spacial score (nSPS) is 22.7. The summed E-state index contributed by atoms with van der Waals surface area (Å²) in [5, 5.41) is 3.17. The number of benzene rings is 1. The van der Waals surface area contributed by atoms with E-state index in [-0.39, 0.29) is 6.10 Å². The topological polar surface area (TPSA) is 43.0 Å². The van der Waals surface area contributed by atoms with Gasteiger partial charge in [0.1, 0.15) is 0 Å². The summed E-state index contributed by atoms with van der Waals surface area (Å²) in [7, 11) is 1.96. The van der Waals surface area contributed by atoms with E-state index in [4.69, 9.17) is 14.2 Å². The minimum absolute atomic E-state index is 0.285. The van der Waals surface area contributed by atoms with Gasteiger partial charge >= 0.3 is 0 Å². The molecule has 5 nitrogen and oxygen atoms in total. The lowest BCUT2D eigenvalue weighted by Gasteiger charge is -2.32. The van der Waals surface area contributed by atoms with Crippen molar-refractivity contribution in [3.8, 4) is 11.5 Å². The van der Waals surface area contributed by atoms with Gasteiger partial charge in [-0.15, -0.1) is 0 Å². The lowest BCUT2D eigenvalue weighted by Crippen LogP contribution is -2.45. The van der Waals surface area contributed by atoms with E-state index in [0.29, 0.717) is 6.79 Å². The number of hydrogen-bond acceptors (Lipinski definition) is 5. The molecule has 0 amide bonds. The van der Waals surface area contributed by atoms with Gasteiger partial charge < -0.3 is 19.5 Å². The van der Waals surface area contributed by atoms with E-state index in [9.17, 15) is 0 Å². The first kappa shape index (κ1) is 12.7. The number of nitrogens with zero attached hydrogens (tertiary/aromatic N) is 1. The Morgan fingerprint density at radius 3 is 3.11 bits per heavy atom. The monoisotopic (exact) mass is 264 g/mol. The first-order valence-electron chi connectivity index (χ1n) is 6.72. The SMILES string of the molecule is CNCC1CN(Cc2ccc3c(c2)OCO3)CCO1. The van der Waals surface area contributed by atoms with Crippen LogP contribution in [0.25, 0.3) is 0 Å². The molecule has 2 aliphatic rings. The summed E-state index contributed by atoms with van der Waals surface area (Å²) in [4.78, 5) is 2.42. The number of rotatable bonds is 4. The lowest BCUT2D eigenvalue weighted by molar-refractivity contribution is -0.0291. The van der Waals surface area contributed by atoms with Gasteiger partial charge in [0, 0.05) is 26.2 Å². The molecule has 1 saturated heterocycles. The molecule has 5 heteroatoms. The zero-order valence-electron chi connectivity index (χ0n) is 11.2. The smallest absolute Gasteiger partial charge is 0.231 e. The van der Waals surface area contributed by atoms with Crippen molar-refractivity contribution in [3.05, 3.63) is 23.8 Å². The first-order chi connectivity index (χ1) is 9.35. The number of morpholine rings is 1. The standard InChI is InChI=1S/C14H20N2O3/c1-15-7-12-9-16(4-5-17-12)8-11-2-3-13-14(6-11)19-10-18-13/h2-3,6,12,15H,4-5,7-10H2,1H3. The van der Waals surface area contributed by atoms with Crippen molar-refractivity contribution in [1.82, 2.24) is 10.2 Å². The third kappa shape index (κ3) is 3.00. The zero-order chi connectivity index (χ0) is 13.1. The molecule has 0 aromatic heterocycles. The van der Waals surface area contributed by atoms with Crippen LogP contribution in [-0.2, 0) is 11.3 Å². The second-order valence-corrected chi connectivity index (χ2v) is 4.97. The van der Waals surface area contributed by atoms with Crippen LogP contribution < -0.4 is 14.8 Å². The maximum Gasteiger partial charge on any atom is 0.231 e. The molecule has 0 radical (unpaired) electrons. The van der Waals surface area contributed by atoms with Crippen LogP contribution in [-0.4, -0.2) is 51.1 Å². The molecule has 0 saturated carbocycles. The van der Waals surface area contributed by atoms with E-state index in [1.807, 2.05) is 13.1 Å². The third-order valence-electron chi connectivity index (χ3n) is 3.50. The van der Waals surface area contributed by atoms with Crippen LogP contribution in [0.4, 0.5) is 0 Å². The molecule has 0 aliphatic carbocycles. The first-order valence-corrected chi connectivity index (χ1v) is 6.72. The molecule has 0 bridgehead atoms. The summed E-state index contributed by atoms with van der Waals surface area (Å²) in [6.45, 7) is 4.92. The molecule has 1 atom stereocenters. The molecule has 1 unspecified atom stereocenters. The van der Waals surface area contributed by atoms with E-state index in [1.165, 1.54) is 5.56 Å². The Balaban J connectivity index is 1.61. The van der Waals surface area contributed by atoms with Gasteiger partial charge in [-0.05, 0) is 24.7 Å². The molecular weight excluding hydrogens is 244 g/mol. The molecule has 2 heterocycles. The van der Waals surface area contributed by atoms with Gasteiger partial charge in [0.25, 0.3) is 0 Å². The minimum Gasteiger partial charge on any atom is -0.454 e. The van der Waals surface area contributed by atoms with Crippen molar-refractivity contribution >= 4 is 0 Å². The highest BCUT2D eigenvalue weighted by Gasteiger charge is 2.20. The van der Waals surface area contributed by atoms with Crippen LogP contribution in [0.3, 0.4) is 0 Å². The van der Waals surface area contributed by atoms with E-state index in [2.05, 4.69) is 22.3 Å². The fourth-order valence-corrected chi connectivity index (χ4v) is 2.57. The summed E-state index contributed by atoms with van der Waals surface area (Å²) in [6, 6.07) is 6.17. The Morgan fingerprint density at radius 1 is 1.32 bits per heavy atom. The molecule has 2 aliphatic heterocycles.